The highest BCUT2D eigenvalue weighted by Gasteiger charge is 2.23. The van der Waals surface area contributed by atoms with Gasteiger partial charge in [0.05, 0.1) is 19.3 Å². The number of ether oxygens (including phenoxy) is 2. The minimum atomic E-state index is -1.02. The summed E-state index contributed by atoms with van der Waals surface area (Å²) in [5.41, 5.74) is 0. The quantitative estimate of drug-likeness (QED) is 0.444. The van der Waals surface area contributed by atoms with Crippen LogP contribution >= 0.6 is 0 Å². The number of rotatable bonds is 5. The summed E-state index contributed by atoms with van der Waals surface area (Å²) in [5, 5.41) is 22.0. The molecule has 0 aromatic heterocycles. The van der Waals surface area contributed by atoms with Gasteiger partial charge in [-0.25, -0.2) is 9.59 Å². The monoisotopic (exact) mass is 234 g/mol. The molecule has 1 heterocycles. The van der Waals surface area contributed by atoms with Crippen molar-refractivity contribution in [1.29, 1.82) is 0 Å². The van der Waals surface area contributed by atoms with E-state index in [1.165, 1.54) is 0 Å². The number of alkyl carbamates (subject to hydrolysis) is 2. The van der Waals surface area contributed by atoms with Crippen LogP contribution in [0, 0.1) is 0 Å². The molecule has 0 radical (unpaired) electrons. The summed E-state index contributed by atoms with van der Waals surface area (Å²) < 4.78 is 9.42. The van der Waals surface area contributed by atoms with Gasteiger partial charge in [-0.2, -0.15) is 0 Å². The minimum absolute atomic E-state index is 0.0558. The summed E-state index contributed by atoms with van der Waals surface area (Å²) >= 11 is 0. The van der Waals surface area contributed by atoms with Crippen LogP contribution in [0.4, 0.5) is 9.59 Å². The fourth-order valence-electron chi connectivity index (χ4n) is 1.01. The molecule has 1 saturated heterocycles. The lowest BCUT2D eigenvalue weighted by Gasteiger charge is -2.11. The van der Waals surface area contributed by atoms with Crippen LogP contribution in [0.2, 0.25) is 0 Å². The van der Waals surface area contributed by atoms with Crippen molar-refractivity contribution >= 4 is 12.2 Å². The standard InChI is InChI=1S/C8H14N2O6/c11-3-5(12)1-9-7(13)15-4-6-2-10-8(14)16-6/h5-6,11-12H,1-4H2,(H,9,13)(H,10,14)/t5?,6-/m1/s1. The van der Waals surface area contributed by atoms with E-state index in [0.29, 0.717) is 6.54 Å². The van der Waals surface area contributed by atoms with Crippen molar-refractivity contribution in [1.82, 2.24) is 10.6 Å². The number of cyclic esters (lactones) is 1. The van der Waals surface area contributed by atoms with Crippen LogP contribution in [0.5, 0.6) is 0 Å². The van der Waals surface area contributed by atoms with E-state index in [2.05, 4.69) is 10.6 Å². The second-order valence-corrected chi connectivity index (χ2v) is 3.22. The van der Waals surface area contributed by atoms with E-state index in [1.54, 1.807) is 0 Å². The van der Waals surface area contributed by atoms with Crippen LogP contribution < -0.4 is 10.6 Å². The van der Waals surface area contributed by atoms with E-state index < -0.39 is 31.0 Å². The molecule has 1 aliphatic heterocycles. The van der Waals surface area contributed by atoms with Crippen LogP contribution in [-0.2, 0) is 9.47 Å². The molecule has 1 unspecified atom stereocenters. The third kappa shape index (κ3) is 4.32. The van der Waals surface area contributed by atoms with Gasteiger partial charge in [0.1, 0.15) is 6.61 Å². The van der Waals surface area contributed by atoms with Gasteiger partial charge in [-0.3, -0.25) is 0 Å². The number of aliphatic hydroxyl groups is 2. The van der Waals surface area contributed by atoms with Gasteiger partial charge in [-0.15, -0.1) is 0 Å². The second kappa shape index (κ2) is 6.13. The fraction of sp³-hybridized carbons (Fsp3) is 0.750. The average molecular weight is 234 g/mol. The summed E-state index contributed by atoms with van der Waals surface area (Å²) in [4.78, 5) is 21.6. The number of aliphatic hydroxyl groups excluding tert-OH is 2. The molecule has 1 aliphatic rings. The van der Waals surface area contributed by atoms with Gasteiger partial charge < -0.3 is 30.3 Å². The smallest absolute Gasteiger partial charge is 0.407 e. The maximum Gasteiger partial charge on any atom is 0.407 e. The first kappa shape index (κ1) is 12.5. The molecule has 4 N–H and O–H groups in total. The van der Waals surface area contributed by atoms with E-state index in [0.717, 1.165) is 0 Å². The number of nitrogens with one attached hydrogen (secondary N) is 2. The van der Waals surface area contributed by atoms with E-state index in [1.807, 2.05) is 0 Å². The van der Waals surface area contributed by atoms with Crippen molar-refractivity contribution < 1.29 is 29.3 Å². The van der Waals surface area contributed by atoms with Crippen LogP contribution in [0.15, 0.2) is 0 Å². The third-order valence-electron chi connectivity index (χ3n) is 1.84. The molecular weight excluding hydrogens is 220 g/mol. The molecule has 1 rings (SSSR count). The first-order valence-corrected chi connectivity index (χ1v) is 4.76. The van der Waals surface area contributed by atoms with Crippen molar-refractivity contribution in [2.45, 2.75) is 12.2 Å². The number of carbonyl (C=O) groups excluding carboxylic acids is 2. The Hall–Kier alpha value is -1.54. The Balaban J connectivity index is 2.08. The van der Waals surface area contributed by atoms with Crippen LogP contribution in [-0.4, -0.2) is 60.9 Å². The number of amides is 2. The van der Waals surface area contributed by atoms with Gasteiger partial charge in [0, 0.05) is 6.54 Å². The molecule has 1 fully saturated rings. The summed E-state index contributed by atoms with van der Waals surface area (Å²) in [7, 11) is 0. The normalized spacial score (nSPS) is 20.9. The maximum absolute atomic E-state index is 11.0. The van der Waals surface area contributed by atoms with E-state index >= 15 is 0 Å². The Bertz CT molecular complexity index is 259. The molecule has 8 nitrogen and oxygen atoms in total. The first-order chi connectivity index (χ1) is 7.61. The molecule has 8 heteroatoms. The van der Waals surface area contributed by atoms with Crippen molar-refractivity contribution in [3.05, 3.63) is 0 Å². The van der Waals surface area contributed by atoms with Crippen molar-refractivity contribution in [2.75, 3.05) is 26.3 Å². The van der Waals surface area contributed by atoms with Crippen molar-refractivity contribution in [3.8, 4) is 0 Å². The van der Waals surface area contributed by atoms with E-state index in [4.69, 9.17) is 19.7 Å². The van der Waals surface area contributed by atoms with Gasteiger partial charge in [-0.05, 0) is 0 Å². The molecule has 0 aromatic carbocycles. The van der Waals surface area contributed by atoms with Crippen molar-refractivity contribution in [2.24, 2.45) is 0 Å². The van der Waals surface area contributed by atoms with E-state index in [-0.39, 0.29) is 13.2 Å². The molecular formula is C8H14N2O6. The third-order valence-corrected chi connectivity index (χ3v) is 1.84. The summed E-state index contributed by atoms with van der Waals surface area (Å²) in [6.07, 6.45) is -2.78. The predicted octanol–water partition coefficient (Wildman–Crippen LogP) is -1.83. The SMILES string of the molecule is O=C(NCC(O)CO)OC[C@H]1CNC(=O)O1. The topological polar surface area (TPSA) is 117 Å². The zero-order valence-electron chi connectivity index (χ0n) is 8.51. The Kier molecular flexibility index (Phi) is 4.80. The van der Waals surface area contributed by atoms with Crippen LogP contribution in [0.25, 0.3) is 0 Å². The van der Waals surface area contributed by atoms with E-state index in [9.17, 15) is 9.59 Å². The molecule has 2 atom stereocenters. The minimum Gasteiger partial charge on any atom is -0.446 e. The largest absolute Gasteiger partial charge is 0.446 e. The molecule has 0 bridgehead atoms. The van der Waals surface area contributed by atoms with Gasteiger partial charge in [-0.1, -0.05) is 0 Å². The summed E-state index contributed by atoms with van der Waals surface area (Å²) in [6, 6.07) is 0. The molecule has 0 aromatic rings. The number of hydrogen-bond donors (Lipinski definition) is 4. The molecule has 0 saturated carbocycles. The lowest BCUT2D eigenvalue weighted by atomic mass is 10.4. The molecule has 0 spiro atoms. The van der Waals surface area contributed by atoms with Crippen LogP contribution in [0.3, 0.4) is 0 Å². The lowest BCUT2D eigenvalue weighted by molar-refractivity contribution is 0.0656. The highest BCUT2D eigenvalue weighted by Crippen LogP contribution is 2.00. The molecule has 92 valence electrons. The van der Waals surface area contributed by atoms with Crippen molar-refractivity contribution in [3.63, 3.8) is 0 Å². The molecule has 16 heavy (non-hydrogen) atoms. The Labute approximate surface area is 91.5 Å². The second-order valence-electron chi connectivity index (χ2n) is 3.22. The average Bonchev–Trinajstić information content (AvgIpc) is 2.69. The Morgan fingerprint density at radius 1 is 1.75 bits per heavy atom. The maximum atomic E-state index is 11.0. The molecule has 2 amide bonds. The lowest BCUT2D eigenvalue weighted by Crippen LogP contribution is -2.35. The zero-order valence-corrected chi connectivity index (χ0v) is 8.51. The highest BCUT2D eigenvalue weighted by molar-refractivity contribution is 5.69. The highest BCUT2D eigenvalue weighted by atomic mass is 16.6. The fourth-order valence-corrected chi connectivity index (χ4v) is 1.01. The Morgan fingerprint density at radius 2 is 2.50 bits per heavy atom. The molecule has 0 aliphatic carbocycles. The Morgan fingerprint density at radius 3 is 3.06 bits per heavy atom. The van der Waals surface area contributed by atoms with Crippen LogP contribution in [0.1, 0.15) is 0 Å². The number of hydrogen-bond acceptors (Lipinski definition) is 6. The summed E-state index contributed by atoms with van der Waals surface area (Å²) in [5.74, 6) is 0. The number of carbonyl (C=O) groups is 2. The first-order valence-electron chi connectivity index (χ1n) is 4.76. The van der Waals surface area contributed by atoms with Gasteiger partial charge in [0.2, 0.25) is 0 Å². The van der Waals surface area contributed by atoms with Gasteiger partial charge in [0.15, 0.2) is 6.10 Å². The van der Waals surface area contributed by atoms with Gasteiger partial charge >= 0.3 is 12.2 Å². The predicted molar refractivity (Wildman–Crippen MR) is 50.7 cm³/mol. The zero-order chi connectivity index (χ0) is 12.0. The summed E-state index contributed by atoms with van der Waals surface area (Å²) in [6.45, 7) is -0.298. The van der Waals surface area contributed by atoms with Gasteiger partial charge in [0.25, 0.3) is 0 Å².